The Hall–Kier alpha value is -1.35. The standard InChI is InChI=1S/C16H23NO2/c1-11(2)15(8-9-18)17-16(19)14-10-13(14)12-6-4-3-5-7-12/h3-7,11,13-15,18H,8-10H2,1-2H3,(H,17,19). The zero-order chi connectivity index (χ0) is 13.8. The third kappa shape index (κ3) is 3.57. The summed E-state index contributed by atoms with van der Waals surface area (Å²) in [7, 11) is 0. The van der Waals surface area contributed by atoms with E-state index in [9.17, 15) is 4.79 Å². The SMILES string of the molecule is CC(C)C(CCO)NC(=O)C1CC1c1ccccc1. The average molecular weight is 261 g/mol. The van der Waals surface area contributed by atoms with Crippen LogP contribution in [-0.2, 0) is 4.79 Å². The second-order valence-corrected chi connectivity index (χ2v) is 5.73. The first kappa shape index (κ1) is 14.1. The highest BCUT2D eigenvalue weighted by molar-refractivity contribution is 5.83. The molecule has 1 amide bonds. The zero-order valence-corrected chi connectivity index (χ0v) is 11.7. The minimum atomic E-state index is 0.0783. The molecule has 1 fully saturated rings. The van der Waals surface area contributed by atoms with E-state index in [1.165, 1.54) is 5.56 Å². The number of amides is 1. The number of rotatable bonds is 6. The number of benzene rings is 1. The number of nitrogens with one attached hydrogen (secondary N) is 1. The Labute approximate surface area is 115 Å². The van der Waals surface area contributed by atoms with Crippen molar-refractivity contribution in [3.05, 3.63) is 35.9 Å². The van der Waals surface area contributed by atoms with Crippen molar-refractivity contribution in [2.75, 3.05) is 6.61 Å². The monoisotopic (exact) mass is 261 g/mol. The molecule has 0 aromatic heterocycles. The van der Waals surface area contributed by atoms with Gasteiger partial charge in [0.1, 0.15) is 0 Å². The highest BCUT2D eigenvalue weighted by Crippen LogP contribution is 2.47. The Morgan fingerprint density at radius 2 is 2.05 bits per heavy atom. The number of carbonyl (C=O) groups is 1. The van der Waals surface area contributed by atoms with Crippen molar-refractivity contribution in [2.24, 2.45) is 11.8 Å². The normalized spacial score (nSPS) is 23.2. The first-order valence-electron chi connectivity index (χ1n) is 7.09. The van der Waals surface area contributed by atoms with E-state index >= 15 is 0 Å². The molecule has 1 aromatic carbocycles. The molecule has 0 radical (unpaired) electrons. The average Bonchev–Trinajstić information content (AvgIpc) is 3.19. The Kier molecular flexibility index (Phi) is 4.59. The fourth-order valence-corrected chi connectivity index (χ4v) is 2.55. The second kappa shape index (κ2) is 6.20. The Bertz CT molecular complexity index is 416. The van der Waals surface area contributed by atoms with E-state index in [0.717, 1.165) is 6.42 Å². The van der Waals surface area contributed by atoms with Crippen LogP contribution < -0.4 is 5.32 Å². The van der Waals surface area contributed by atoms with Gasteiger partial charge < -0.3 is 10.4 Å². The van der Waals surface area contributed by atoms with Gasteiger partial charge in [-0.25, -0.2) is 0 Å². The molecule has 1 aromatic rings. The number of aliphatic hydroxyl groups is 1. The predicted octanol–water partition coefficient (Wildman–Crippen LogP) is 2.31. The maximum Gasteiger partial charge on any atom is 0.223 e. The molecule has 3 heteroatoms. The highest BCUT2D eigenvalue weighted by Gasteiger charge is 2.44. The van der Waals surface area contributed by atoms with Gasteiger partial charge in [-0.2, -0.15) is 0 Å². The third-order valence-corrected chi connectivity index (χ3v) is 3.93. The topological polar surface area (TPSA) is 49.3 Å². The van der Waals surface area contributed by atoms with Crippen LogP contribution in [0.15, 0.2) is 30.3 Å². The number of aliphatic hydroxyl groups excluding tert-OH is 1. The van der Waals surface area contributed by atoms with Crippen molar-refractivity contribution < 1.29 is 9.90 Å². The summed E-state index contributed by atoms with van der Waals surface area (Å²) < 4.78 is 0. The van der Waals surface area contributed by atoms with E-state index < -0.39 is 0 Å². The summed E-state index contributed by atoms with van der Waals surface area (Å²) >= 11 is 0. The molecule has 0 heterocycles. The lowest BCUT2D eigenvalue weighted by atomic mass is 10.0. The summed E-state index contributed by atoms with van der Waals surface area (Å²) in [5, 5.41) is 12.1. The van der Waals surface area contributed by atoms with Gasteiger partial charge in [-0.05, 0) is 30.2 Å². The summed E-state index contributed by atoms with van der Waals surface area (Å²) in [4.78, 5) is 12.2. The van der Waals surface area contributed by atoms with Crippen molar-refractivity contribution >= 4 is 5.91 Å². The van der Waals surface area contributed by atoms with Gasteiger partial charge >= 0.3 is 0 Å². The quantitative estimate of drug-likeness (QED) is 0.825. The van der Waals surface area contributed by atoms with Gasteiger partial charge in [0.05, 0.1) is 0 Å². The number of carbonyl (C=O) groups excluding carboxylic acids is 1. The van der Waals surface area contributed by atoms with Crippen molar-refractivity contribution in [3.8, 4) is 0 Å². The van der Waals surface area contributed by atoms with Gasteiger partial charge in [0, 0.05) is 18.6 Å². The fourth-order valence-electron chi connectivity index (χ4n) is 2.55. The summed E-state index contributed by atoms with van der Waals surface area (Å²) in [6.45, 7) is 4.26. The lowest BCUT2D eigenvalue weighted by Crippen LogP contribution is -2.40. The van der Waals surface area contributed by atoms with Crippen LogP contribution in [0.3, 0.4) is 0 Å². The molecular weight excluding hydrogens is 238 g/mol. The summed E-state index contributed by atoms with van der Waals surface area (Å²) in [5.74, 6) is 0.983. The smallest absolute Gasteiger partial charge is 0.223 e. The predicted molar refractivity (Wildman–Crippen MR) is 75.8 cm³/mol. The molecular formula is C16H23NO2. The summed E-state index contributed by atoms with van der Waals surface area (Å²) in [6, 6.07) is 10.3. The molecule has 0 aliphatic heterocycles. The van der Waals surface area contributed by atoms with Crippen molar-refractivity contribution in [3.63, 3.8) is 0 Å². The molecule has 3 nitrogen and oxygen atoms in total. The van der Waals surface area contributed by atoms with Gasteiger partial charge in [0.25, 0.3) is 0 Å². The minimum absolute atomic E-state index is 0.0783. The third-order valence-electron chi connectivity index (χ3n) is 3.93. The van der Waals surface area contributed by atoms with Crippen molar-refractivity contribution in [1.82, 2.24) is 5.32 Å². The van der Waals surface area contributed by atoms with Crippen LogP contribution in [-0.4, -0.2) is 23.7 Å². The molecule has 3 unspecified atom stereocenters. The van der Waals surface area contributed by atoms with Crippen LogP contribution in [0.5, 0.6) is 0 Å². The van der Waals surface area contributed by atoms with Gasteiger partial charge in [0.15, 0.2) is 0 Å². The fraction of sp³-hybridized carbons (Fsp3) is 0.562. The van der Waals surface area contributed by atoms with Crippen LogP contribution in [0, 0.1) is 11.8 Å². The molecule has 1 saturated carbocycles. The number of hydrogen-bond donors (Lipinski definition) is 2. The lowest BCUT2D eigenvalue weighted by Gasteiger charge is -2.21. The van der Waals surface area contributed by atoms with Gasteiger partial charge in [-0.3, -0.25) is 4.79 Å². The van der Waals surface area contributed by atoms with Gasteiger partial charge in [-0.15, -0.1) is 0 Å². The van der Waals surface area contributed by atoms with Gasteiger partial charge in [-0.1, -0.05) is 44.2 Å². The molecule has 19 heavy (non-hydrogen) atoms. The largest absolute Gasteiger partial charge is 0.396 e. The van der Waals surface area contributed by atoms with Crippen molar-refractivity contribution in [1.29, 1.82) is 0 Å². The van der Waals surface area contributed by atoms with Crippen LogP contribution in [0.1, 0.15) is 38.2 Å². The molecule has 3 atom stereocenters. The first-order valence-corrected chi connectivity index (χ1v) is 7.09. The van der Waals surface area contributed by atoms with Crippen LogP contribution in [0.25, 0.3) is 0 Å². The highest BCUT2D eigenvalue weighted by atomic mass is 16.3. The number of hydrogen-bond acceptors (Lipinski definition) is 2. The molecule has 2 N–H and O–H groups in total. The maximum absolute atomic E-state index is 12.2. The first-order chi connectivity index (χ1) is 9.13. The Balaban J connectivity index is 1.89. The Morgan fingerprint density at radius 1 is 1.37 bits per heavy atom. The minimum Gasteiger partial charge on any atom is -0.396 e. The maximum atomic E-state index is 12.2. The van der Waals surface area contributed by atoms with E-state index in [1.54, 1.807) is 0 Å². The summed E-state index contributed by atoms with van der Waals surface area (Å²) in [5.41, 5.74) is 1.26. The zero-order valence-electron chi connectivity index (χ0n) is 11.7. The van der Waals surface area contributed by atoms with Crippen LogP contribution in [0.4, 0.5) is 0 Å². The van der Waals surface area contributed by atoms with Gasteiger partial charge in [0.2, 0.25) is 5.91 Å². The van der Waals surface area contributed by atoms with E-state index in [2.05, 4.69) is 31.3 Å². The molecule has 0 spiro atoms. The van der Waals surface area contributed by atoms with Crippen LogP contribution in [0.2, 0.25) is 0 Å². The molecule has 104 valence electrons. The molecule has 1 aliphatic rings. The lowest BCUT2D eigenvalue weighted by molar-refractivity contribution is -0.123. The van der Waals surface area contributed by atoms with Crippen LogP contribution >= 0.6 is 0 Å². The molecule has 0 saturated heterocycles. The van der Waals surface area contributed by atoms with E-state index in [-0.39, 0.29) is 24.5 Å². The summed E-state index contributed by atoms with van der Waals surface area (Å²) in [6.07, 6.45) is 1.58. The molecule has 1 aliphatic carbocycles. The molecule has 0 bridgehead atoms. The van der Waals surface area contributed by atoms with E-state index in [1.807, 2.05) is 18.2 Å². The van der Waals surface area contributed by atoms with Crippen molar-refractivity contribution in [2.45, 2.75) is 38.6 Å². The Morgan fingerprint density at radius 3 is 2.63 bits per heavy atom. The molecule has 2 rings (SSSR count). The van der Waals surface area contributed by atoms with E-state index in [0.29, 0.717) is 18.3 Å². The van der Waals surface area contributed by atoms with E-state index in [4.69, 9.17) is 5.11 Å². The second-order valence-electron chi connectivity index (χ2n) is 5.73.